The van der Waals surface area contributed by atoms with Gasteiger partial charge in [0.25, 0.3) is 0 Å². The summed E-state index contributed by atoms with van der Waals surface area (Å²) in [5.74, 6) is 1.02. The Bertz CT molecular complexity index is 889. The van der Waals surface area contributed by atoms with Crippen LogP contribution < -0.4 is 16.0 Å². The molecule has 9 nitrogen and oxygen atoms in total. The van der Waals surface area contributed by atoms with Gasteiger partial charge in [-0.2, -0.15) is 0 Å². The van der Waals surface area contributed by atoms with Gasteiger partial charge in [-0.25, -0.2) is 9.97 Å². The Morgan fingerprint density at radius 2 is 1.97 bits per heavy atom. The van der Waals surface area contributed by atoms with Crippen LogP contribution >= 0.6 is 15.9 Å². The second-order valence-electron chi connectivity index (χ2n) is 8.05. The molecule has 4 N–H and O–H groups in total. The number of aldehydes is 1. The van der Waals surface area contributed by atoms with Crippen molar-refractivity contribution in [3.05, 3.63) is 47.3 Å². The summed E-state index contributed by atoms with van der Waals surface area (Å²) < 4.78 is 5.00. The van der Waals surface area contributed by atoms with E-state index in [0.717, 1.165) is 70.6 Å². The second kappa shape index (κ2) is 15.5. The summed E-state index contributed by atoms with van der Waals surface area (Å²) in [6.07, 6.45) is 13.3. The van der Waals surface area contributed by atoms with E-state index in [0.29, 0.717) is 23.6 Å². The number of rotatable bonds is 9. The third kappa shape index (κ3) is 9.09. The highest BCUT2D eigenvalue weighted by molar-refractivity contribution is 9.18. The van der Waals surface area contributed by atoms with Gasteiger partial charge in [-0.15, -0.1) is 0 Å². The number of carbonyl (C=O) groups excluding carboxylic acids is 1. The largest absolute Gasteiger partial charge is 0.385 e. The lowest BCUT2D eigenvalue weighted by Crippen LogP contribution is -2.47. The van der Waals surface area contributed by atoms with Crippen LogP contribution in [0.15, 0.2) is 41.8 Å². The van der Waals surface area contributed by atoms with Gasteiger partial charge in [-0.3, -0.25) is 15.1 Å². The van der Waals surface area contributed by atoms with Crippen molar-refractivity contribution in [3.8, 4) is 0 Å². The summed E-state index contributed by atoms with van der Waals surface area (Å²) in [5.41, 5.74) is 8.58. The van der Waals surface area contributed by atoms with E-state index in [-0.39, 0.29) is 4.62 Å². The SMILES string of the molecule is CNCCCOC.N=C(Br)c1c(N)ncnc1N1CCN(C/C2=C/C=C(/C=O)CC=CC2)CC1. The van der Waals surface area contributed by atoms with Gasteiger partial charge in [-0.05, 0) is 54.4 Å². The molecule has 0 radical (unpaired) electrons. The Hall–Kier alpha value is -2.40. The van der Waals surface area contributed by atoms with Gasteiger partial charge in [0.05, 0.1) is 5.56 Å². The van der Waals surface area contributed by atoms with E-state index in [9.17, 15) is 4.79 Å². The van der Waals surface area contributed by atoms with Crippen molar-refractivity contribution in [1.29, 1.82) is 5.41 Å². The molecule has 1 aromatic heterocycles. The fraction of sp³-hybridized carbons (Fsp3) is 0.500. The Balaban J connectivity index is 0.000000509. The fourth-order valence-electron chi connectivity index (χ4n) is 3.66. The number of methoxy groups -OCH3 is 1. The molecule has 0 atom stereocenters. The van der Waals surface area contributed by atoms with Crippen LogP contribution in [0.2, 0.25) is 0 Å². The highest BCUT2D eigenvalue weighted by atomic mass is 79.9. The van der Waals surface area contributed by atoms with E-state index < -0.39 is 0 Å². The van der Waals surface area contributed by atoms with Crippen molar-refractivity contribution in [1.82, 2.24) is 20.2 Å². The first-order valence-corrected chi connectivity index (χ1v) is 12.2. The molecule has 1 aliphatic carbocycles. The Morgan fingerprint density at radius 3 is 2.62 bits per heavy atom. The van der Waals surface area contributed by atoms with Crippen LogP contribution in [0.1, 0.15) is 24.8 Å². The van der Waals surface area contributed by atoms with Crippen molar-refractivity contribution in [2.24, 2.45) is 0 Å². The first-order valence-electron chi connectivity index (χ1n) is 11.4. The van der Waals surface area contributed by atoms with Crippen LogP contribution in [0.4, 0.5) is 11.6 Å². The van der Waals surface area contributed by atoms with Crippen LogP contribution in [0.3, 0.4) is 0 Å². The number of carbonyl (C=O) groups is 1. The number of nitrogens with zero attached hydrogens (tertiary/aromatic N) is 4. The number of nitrogen functional groups attached to an aromatic ring is 1. The minimum absolute atomic E-state index is 0.197. The molecule has 2 aliphatic rings. The monoisotopic (exact) mass is 533 g/mol. The van der Waals surface area contributed by atoms with Gasteiger partial charge in [-0.1, -0.05) is 29.9 Å². The number of ether oxygens (including phenoxy) is 1. The average Bonchev–Trinajstić information content (AvgIpc) is 2.82. The lowest BCUT2D eigenvalue weighted by atomic mass is 10.0. The van der Waals surface area contributed by atoms with Gasteiger partial charge < -0.3 is 20.7 Å². The molecule has 1 aliphatic heterocycles. The summed E-state index contributed by atoms with van der Waals surface area (Å²) in [6, 6.07) is 0. The molecule has 1 saturated heterocycles. The molecule has 34 heavy (non-hydrogen) atoms. The molecule has 0 spiro atoms. The molecule has 2 heterocycles. The third-order valence-electron chi connectivity index (χ3n) is 5.53. The summed E-state index contributed by atoms with van der Waals surface area (Å²) in [7, 11) is 3.66. The number of nitrogens with two attached hydrogens (primary N) is 1. The Morgan fingerprint density at radius 1 is 1.24 bits per heavy atom. The van der Waals surface area contributed by atoms with E-state index in [1.165, 1.54) is 11.9 Å². The number of aromatic nitrogens is 2. The number of piperazine rings is 1. The topological polar surface area (TPSA) is 120 Å². The third-order valence-corrected chi connectivity index (χ3v) is 5.93. The molecule has 0 amide bonds. The predicted molar refractivity (Wildman–Crippen MR) is 142 cm³/mol. The lowest BCUT2D eigenvalue weighted by molar-refractivity contribution is -0.105. The van der Waals surface area contributed by atoms with Gasteiger partial charge in [0.1, 0.15) is 28.9 Å². The smallest absolute Gasteiger partial charge is 0.146 e. The molecule has 0 aromatic carbocycles. The number of halogens is 1. The van der Waals surface area contributed by atoms with Crippen molar-refractivity contribution in [2.75, 3.05) is 70.7 Å². The van der Waals surface area contributed by atoms with Crippen molar-refractivity contribution in [2.45, 2.75) is 19.3 Å². The number of nitrogens with one attached hydrogen (secondary N) is 2. The highest BCUT2D eigenvalue weighted by Gasteiger charge is 2.23. The molecule has 10 heteroatoms. The number of anilines is 2. The predicted octanol–water partition coefficient (Wildman–Crippen LogP) is 2.55. The lowest BCUT2D eigenvalue weighted by Gasteiger charge is -2.36. The van der Waals surface area contributed by atoms with E-state index in [1.54, 1.807) is 7.11 Å². The minimum atomic E-state index is 0.197. The van der Waals surface area contributed by atoms with Crippen LogP contribution in [0.25, 0.3) is 0 Å². The Kier molecular flexibility index (Phi) is 12.7. The molecule has 1 aromatic rings. The normalized spacial score (nSPS) is 19.6. The van der Waals surface area contributed by atoms with Gasteiger partial charge >= 0.3 is 0 Å². The number of allylic oxidation sites excluding steroid dienone is 5. The number of hydrogen-bond donors (Lipinski definition) is 3. The average molecular weight is 535 g/mol. The van der Waals surface area contributed by atoms with Gasteiger partial charge in [0.2, 0.25) is 0 Å². The second-order valence-corrected chi connectivity index (χ2v) is 8.84. The molecule has 3 rings (SSSR count). The van der Waals surface area contributed by atoms with E-state index in [4.69, 9.17) is 15.9 Å². The van der Waals surface area contributed by atoms with Crippen LogP contribution in [0, 0.1) is 5.41 Å². The van der Waals surface area contributed by atoms with Gasteiger partial charge in [0, 0.05) is 46.4 Å². The highest BCUT2D eigenvalue weighted by Crippen LogP contribution is 2.25. The van der Waals surface area contributed by atoms with Gasteiger partial charge in [0.15, 0.2) is 0 Å². The van der Waals surface area contributed by atoms with Crippen LogP contribution in [-0.2, 0) is 9.53 Å². The maximum Gasteiger partial charge on any atom is 0.146 e. The summed E-state index contributed by atoms with van der Waals surface area (Å²) in [5, 5.41) is 10.9. The molecule has 186 valence electrons. The van der Waals surface area contributed by atoms with E-state index in [2.05, 4.69) is 59.2 Å². The van der Waals surface area contributed by atoms with Crippen molar-refractivity contribution >= 4 is 38.5 Å². The minimum Gasteiger partial charge on any atom is -0.385 e. The van der Waals surface area contributed by atoms with E-state index in [1.807, 2.05) is 13.1 Å². The molecular formula is C24H36BrN7O2. The van der Waals surface area contributed by atoms with Crippen LogP contribution in [0.5, 0.6) is 0 Å². The molecule has 0 unspecified atom stereocenters. The number of hydrogen-bond acceptors (Lipinski definition) is 9. The zero-order chi connectivity index (χ0) is 24.8. The maximum atomic E-state index is 11.0. The summed E-state index contributed by atoms with van der Waals surface area (Å²) >= 11 is 3.20. The molecule has 0 bridgehead atoms. The molecular weight excluding hydrogens is 498 g/mol. The summed E-state index contributed by atoms with van der Waals surface area (Å²) in [6.45, 7) is 6.20. The van der Waals surface area contributed by atoms with E-state index >= 15 is 0 Å². The first kappa shape index (κ1) is 27.8. The fourth-order valence-corrected chi connectivity index (χ4v) is 4.04. The zero-order valence-electron chi connectivity index (χ0n) is 20.1. The summed E-state index contributed by atoms with van der Waals surface area (Å²) in [4.78, 5) is 23.9. The maximum absolute atomic E-state index is 11.0. The first-order chi connectivity index (χ1) is 16.5. The van der Waals surface area contributed by atoms with Crippen molar-refractivity contribution in [3.63, 3.8) is 0 Å². The van der Waals surface area contributed by atoms with Crippen molar-refractivity contribution < 1.29 is 9.53 Å². The zero-order valence-corrected chi connectivity index (χ0v) is 21.7. The van der Waals surface area contributed by atoms with Crippen LogP contribution in [-0.4, -0.2) is 85.8 Å². The Labute approximate surface area is 210 Å². The molecule has 0 saturated carbocycles. The standard InChI is InChI=1S/C19H23BrN6O.C5H13NO/c20-17(21)16-18(22)23-13-24-19(16)26-9-7-25(8-10-26)11-14-3-1-2-4-15(12-27)6-5-14;1-6-4-3-5-7-2/h1-2,5-6,12-13,21H,3-4,7-11H2,(H2,22,23,24);6H,3-5H2,1-2H3/b2-1?,14-5+,15-6+,21-17?;. The molecule has 1 fully saturated rings. The quantitative estimate of drug-likeness (QED) is 0.191.